The molecule has 1 atom stereocenters. The van der Waals surface area contributed by atoms with Crippen LogP contribution < -0.4 is 0 Å². The Kier molecular flexibility index (Phi) is 6.41. The van der Waals surface area contributed by atoms with Crippen LogP contribution in [-0.2, 0) is 0 Å². The molecule has 0 amide bonds. The van der Waals surface area contributed by atoms with Gasteiger partial charge in [-0.15, -0.1) is 0 Å². The molecule has 1 saturated carbocycles. The lowest BCUT2D eigenvalue weighted by atomic mass is 9.80. The molecule has 96 valence electrons. The fourth-order valence-electron chi connectivity index (χ4n) is 2.68. The first kappa shape index (κ1) is 14.0. The van der Waals surface area contributed by atoms with Crippen molar-refractivity contribution in [2.75, 3.05) is 6.61 Å². The van der Waals surface area contributed by atoms with Gasteiger partial charge in [0.25, 0.3) is 0 Å². The SMILES string of the molecule is CCCCCCCCCC(C)(CO)C1CC1. The third kappa shape index (κ3) is 4.86. The van der Waals surface area contributed by atoms with Crippen LogP contribution in [0.15, 0.2) is 0 Å². The van der Waals surface area contributed by atoms with Gasteiger partial charge in [-0.05, 0) is 30.6 Å². The van der Waals surface area contributed by atoms with E-state index in [9.17, 15) is 5.11 Å². The fraction of sp³-hybridized carbons (Fsp3) is 1.00. The van der Waals surface area contributed by atoms with E-state index in [1.165, 1.54) is 64.2 Å². The van der Waals surface area contributed by atoms with Crippen LogP contribution >= 0.6 is 0 Å². The molecule has 16 heavy (non-hydrogen) atoms. The lowest BCUT2D eigenvalue weighted by Gasteiger charge is -2.27. The van der Waals surface area contributed by atoms with Crippen molar-refractivity contribution in [2.24, 2.45) is 11.3 Å². The molecule has 0 aromatic heterocycles. The average Bonchev–Trinajstić information content (AvgIpc) is 3.12. The molecule has 1 heteroatoms. The van der Waals surface area contributed by atoms with Crippen LogP contribution in [0.25, 0.3) is 0 Å². The van der Waals surface area contributed by atoms with E-state index in [4.69, 9.17) is 0 Å². The van der Waals surface area contributed by atoms with Gasteiger partial charge < -0.3 is 5.11 Å². The van der Waals surface area contributed by atoms with Crippen LogP contribution in [0.1, 0.15) is 78.1 Å². The summed E-state index contributed by atoms with van der Waals surface area (Å²) >= 11 is 0. The molecule has 0 aliphatic heterocycles. The predicted octanol–water partition coefficient (Wildman–Crippen LogP) is 4.54. The highest BCUT2D eigenvalue weighted by molar-refractivity contribution is 4.90. The minimum atomic E-state index is 0.253. The van der Waals surface area contributed by atoms with Crippen molar-refractivity contribution >= 4 is 0 Å². The highest BCUT2D eigenvalue weighted by Crippen LogP contribution is 2.48. The van der Waals surface area contributed by atoms with E-state index in [0.717, 1.165) is 5.92 Å². The third-order valence-corrected chi connectivity index (χ3v) is 4.28. The molecule has 1 rings (SSSR count). The topological polar surface area (TPSA) is 20.2 Å². The lowest BCUT2D eigenvalue weighted by molar-refractivity contribution is 0.107. The summed E-state index contributed by atoms with van der Waals surface area (Å²) < 4.78 is 0. The van der Waals surface area contributed by atoms with Gasteiger partial charge in [0, 0.05) is 6.61 Å². The third-order valence-electron chi connectivity index (χ3n) is 4.28. The summed E-state index contributed by atoms with van der Waals surface area (Å²) in [7, 11) is 0. The van der Waals surface area contributed by atoms with Gasteiger partial charge in [0.15, 0.2) is 0 Å². The van der Waals surface area contributed by atoms with Gasteiger partial charge in [0.1, 0.15) is 0 Å². The Morgan fingerprint density at radius 2 is 1.56 bits per heavy atom. The van der Waals surface area contributed by atoms with Crippen molar-refractivity contribution in [3.8, 4) is 0 Å². The number of aliphatic hydroxyl groups excluding tert-OH is 1. The van der Waals surface area contributed by atoms with Gasteiger partial charge in [-0.25, -0.2) is 0 Å². The molecule has 0 aromatic rings. The molecule has 1 nitrogen and oxygen atoms in total. The second kappa shape index (κ2) is 7.32. The molecule has 1 aliphatic rings. The summed E-state index contributed by atoms with van der Waals surface area (Å²) in [4.78, 5) is 0. The number of rotatable bonds is 10. The quantitative estimate of drug-likeness (QED) is 0.542. The number of aliphatic hydroxyl groups is 1. The van der Waals surface area contributed by atoms with Gasteiger partial charge >= 0.3 is 0 Å². The maximum Gasteiger partial charge on any atom is 0.0487 e. The van der Waals surface area contributed by atoms with Gasteiger partial charge in [0.2, 0.25) is 0 Å². The van der Waals surface area contributed by atoms with Crippen molar-refractivity contribution < 1.29 is 5.11 Å². The molecule has 0 heterocycles. The Labute approximate surface area is 102 Å². The Bertz CT molecular complexity index is 174. The molecule has 0 saturated heterocycles. The van der Waals surface area contributed by atoms with Crippen LogP contribution in [-0.4, -0.2) is 11.7 Å². The van der Waals surface area contributed by atoms with E-state index >= 15 is 0 Å². The van der Waals surface area contributed by atoms with E-state index in [1.54, 1.807) is 0 Å². The highest BCUT2D eigenvalue weighted by atomic mass is 16.3. The molecule has 1 N–H and O–H groups in total. The van der Waals surface area contributed by atoms with Crippen molar-refractivity contribution in [3.05, 3.63) is 0 Å². The van der Waals surface area contributed by atoms with Crippen LogP contribution in [0.3, 0.4) is 0 Å². The summed E-state index contributed by atoms with van der Waals surface area (Å²) in [5, 5.41) is 9.47. The van der Waals surface area contributed by atoms with Crippen molar-refractivity contribution in [1.82, 2.24) is 0 Å². The molecule has 1 fully saturated rings. The molecule has 1 unspecified atom stereocenters. The maximum atomic E-state index is 9.47. The number of hydrogen-bond acceptors (Lipinski definition) is 1. The van der Waals surface area contributed by atoms with Gasteiger partial charge in [-0.2, -0.15) is 0 Å². The number of hydrogen-bond donors (Lipinski definition) is 1. The second-order valence-corrected chi connectivity index (χ2v) is 5.96. The molecule has 1 aliphatic carbocycles. The predicted molar refractivity (Wildman–Crippen MR) is 70.5 cm³/mol. The maximum absolute atomic E-state index is 9.47. The summed E-state index contributed by atoms with van der Waals surface area (Å²) in [6.07, 6.45) is 13.6. The zero-order valence-corrected chi connectivity index (χ0v) is 11.3. The summed E-state index contributed by atoms with van der Waals surface area (Å²) in [6.45, 7) is 4.94. The smallest absolute Gasteiger partial charge is 0.0487 e. The van der Waals surface area contributed by atoms with Crippen molar-refractivity contribution in [3.63, 3.8) is 0 Å². The van der Waals surface area contributed by atoms with E-state index in [1.807, 2.05) is 0 Å². The molecule has 0 radical (unpaired) electrons. The van der Waals surface area contributed by atoms with Gasteiger partial charge in [0.05, 0.1) is 0 Å². The minimum Gasteiger partial charge on any atom is -0.396 e. The Hall–Kier alpha value is -0.0400. The van der Waals surface area contributed by atoms with Crippen LogP contribution in [0.5, 0.6) is 0 Å². The highest BCUT2D eigenvalue weighted by Gasteiger charge is 2.40. The Balaban J connectivity index is 1.97. The summed E-state index contributed by atoms with van der Waals surface area (Å²) in [5.74, 6) is 0.831. The standard InChI is InChI=1S/C15H30O/c1-3-4-5-6-7-8-9-12-15(2,13-16)14-10-11-14/h14,16H,3-13H2,1-2H3. The second-order valence-electron chi connectivity index (χ2n) is 5.96. The average molecular weight is 226 g/mol. The summed E-state index contributed by atoms with van der Waals surface area (Å²) in [5.41, 5.74) is 0.253. The first-order chi connectivity index (χ1) is 7.73. The van der Waals surface area contributed by atoms with E-state index in [-0.39, 0.29) is 5.41 Å². The van der Waals surface area contributed by atoms with Crippen molar-refractivity contribution in [1.29, 1.82) is 0 Å². The zero-order valence-electron chi connectivity index (χ0n) is 11.3. The lowest BCUT2D eigenvalue weighted by Crippen LogP contribution is -2.23. The molecular weight excluding hydrogens is 196 g/mol. The van der Waals surface area contributed by atoms with Crippen LogP contribution in [0, 0.1) is 11.3 Å². The first-order valence-electron chi connectivity index (χ1n) is 7.34. The monoisotopic (exact) mass is 226 g/mol. The number of unbranched alkanes of at least 4 members (excludes halogenated alkanes) is 6. The summed E-state index contributed by atoms with van der Waals surface area (Å²) in [6, 6.07) is 0. The molecule has 0 spiro atoms. The van der Waals surface area contributed by atoms with E-state index in [2.05, 4.69) is 13.8 Å². The zero-order chi connectivity index (χ0) is 11.9. The van der Waals surface area contributed by atoms with Crippen LogP contribution in [0.4, 0.5) is 0 Å². The Morgan fingerprint density at radius 3 is 2.06 bits per heavy atom. The van der Waals surface area contributed by atoms with Gasteiger partial charge in [-0.3, -0.25) is 0 Å². The van der Waals surface area contributed by atoms with E-state index in [0.29, 0.717) is 6.61 Å². The largest absolute Gasteiger partial charge is 0.396 e. The fourth-order valence-corrected chi connectivity index (χ4v) is 2.68. The van der Waals surface area contributed by atoms with Crippen molar-refractivity contribution in [2.45, 2.75) is 78.1 Å². The Morgan fingerprint density at radius 1 is 1.00 bits per heavy atom. The van der Waals surface area contributed by atoms with E-state index < -0.39 is 0 Å². The minimum absolute atomic E-state index is 0.253. The van der Waals surface area contributed by atoms with Crippen LogP contribution in [0.2, 0.25) is 0 Å². The molecular formula is C15H30O. The van der Waals surface area contributed by atoms with Gasteiger partial charge in [-0.1, -0.05) is 58.8 Å². The molecule has 0 aromatic carbocycles. The normalized spacial score (nSPS) is 19.7. The first-order valence-corrected chi connectivity index (χ1v) is 7.34. The molecule has 0 bridgehead atoms.